The Morgan fingerprint density at radius 2 is 1.91 bits per heavy atom. The van der Waals surface area contributed by atoms with Crippen molar-refractivity contribution in [3.8, 4) is 5.75 Å². The topological polar surface area (TPSA) is 54.5 Å². The van der Waals surface area contributed by atoms with Gasteiger partial charge >= 0.3 is 0 Å². The molecule has 1 N–H and O–H groups in total. The number of rotatable bonds is 5. The van der Waals surface area contributed by atoms with E-state index in [0.717, 1.165) is 17.1 Å². The number of ether oxygens (including phenoxy) is 1. The third-order valence-electron chi connectivity index (χ3n) is 3.43. The Morgan fingerprint density at radius 3 is 2.50 bits per heavy atom. The monoisotopic (exact) mass is 299 g/mol. The van der Waals surface area contributed by atoms with E-state index in [0.29, 0.717) is 5.56 Å². The van der Waals surface area contributed by atoms with Crippen molar-refractivity contribution in [2.45, 2.75) is 13.0 Å². The van der Waals surface area contributed by atoms with Crippen LogP contribution in [0.25, 0.3) is 0 Å². The molecule has 0 fully saturated rings. The van der Waals surface area contributed by atoms with Gasteiger partial charge in [0.1, 0.15) is 11.6 Å². The van der Waals surface area contributed by atoms with Gasteiger partial charge in [-0.2, -0.15) is 0 Å². The Kier molecular flexibility index (Phi) is 4.99. The van der Waals surface area contributed by atoms with Crippen molar-refractivity contribution < 1.29 is 9.53 Å². The van der Waals surface area contributed by atoms with E-state index in [4.69, 9.17) is 4.74 Å². The molecule has 1 amide bonds. The Hall–Kier alpha value is -2.56. The van der Waals surface area contributed by atoms with Crippen LogP contribution in [-0.2, 0) is 0 Å². The standard InChI is InChI=1S/C17H21N3O2/c1-12(13-5-7-15(22-4)8-6-13)19-17(21)14-9-10-18-16(11-14)20(2)3/h5-12H,1-4H3,(H,19,21). The van der Waals surface area contributed by atoms with E-state index >= 15 is 0 Å². The molecule has 1 unspecified atom stereocenters. The molecule has 0 bridgehead atoms. The van der Waals surface area contributed by atoms with Crippen LogP contribution in [0.3, 0.4) is 0 Å². The number of amides is 1. The van der Waals surface area contributed by atoms with Crippen molar-refractivity contribution in [2.75, 3.05) is 26.1 Å². The minimum Gasteiger partial charge on any atom is -0.497 e. The Bertz CT molecular complexity index is 639. The van der Waals surface area contributed by atoms with Crippen LogP contribution in [0.1, 0.15) is 28.9 Å². The third kappa shape index (κ3) is 3.75. The zero-order chi connectivity index (χ0) is 16.1. The fourth-order valence-electron chi connectivity index (χ4n) is 2.06. The van der Waals surface area contributed by atoms with Crippen LogP contribution in [-0.4, -0.2) is 32.1 Å². The molecular weight excluding hydrogens is 278 g/mol. The summed E-state index contributed by atoms with van der Waals surface area (Å²) in [4.78, 5) is 18.4. The van der Waals surface area contributed by atoms with Crippen LogP contribution in [0, 0.1) is 0 Å². The maximum Gasteiger partial charge on any atom is 0.251 e. The lowest BCUT2D eigenvalue weighted by Gasteiger charge is -2.16. The SMILES string of the molecule is COc1ccc(C(C)NC(=O)c2ccnc(N(C)C)c2)cc1. The number of carbonyl (C=O) groups excluding carboxylic acids is 1. The van der Waals surface area contributed by atoms with Gasteiger partial charge in [0.05, 0.1) is 13.2 Å². The molecule has 5 nitrogen and oxygen atoms in total. The molecule has 1 aromatic carbocycles. The molecule has 116 valence electrons. The molecule has 5 heteroatoms. The van der Waals surface area contributed by atoms with Crippen molar-refractivity contribution >= 4 is 11.7 Å². The number of benzene rings is 1. The average molecular weight is 299 g/mol. The van der Waals surface area contributed by atoms with Crippen molar-refractivity contribution in [2.24, 2.45) is 0 Å². The summed E-state index contributed by atoms with van der Waals surface area (Å²) in [5, 5.41) is 2.99. The van der Waals surface area contributed by atoms with E-state index in [2.05, 4.69) is 10.3 Å². The zero-order valence-electron chi connectivity index (χ0n) is 13.3. The molecule has 2 rings (SSSR count). The minimum absolute atomic E-state index is 0.0885. The van der Waals surface area contributed by atoms with Gasteiger partial charge in [0.25, 0.3) is 5.91 Å². The maximum absolute atomic E-state index is 12.3. The highest BCUT2D eigenvalue weighted by Gasteiger charge is 2.12. The second-order valence-corrected chi connectivity index (χ2v) is 5.27. The van der Waals surface area contributed by atoms with E-state index in [-0.39, 0.29) is 11.9 Å². The molecule has 22 heavy (non-hydrogen) atoms. The number of nitrogens with one attached hydrogen (secondary N) is 1. The highest BCUT2D eigenvalue weighted by molar-refractivity contribution is 5.95. The summed E-state index contributed by atoms with van der Waals surface area (Å²) in [6.45, 7) is 1.95. The first kappa shape index (κ1) is 15.8. The zero-order valence-corrected chi connectivity index (χ0v) is 13.3. The lowest BCUT2D eigenvalue weighted by Crippen LogP contribution is -2.27. The number of methoxy groups -OCH3 is 1. The number of hydrogen-bond donors (Lipinski definition) is 1. The van der Waals surface area contributed by atoms with Gasteiger partial charge in [0.2, 0.25) is 0 Å². The Morgan fingerprint density at radius 1 is 1.23 bits per heavy atom. The van der Waals surface area contributed by atoms with Gasteiger partial charge in [-0.25, -0.2) is 4.98 Å². The van der Waals surface area contributed by atoms with Crippen LogP contribution >= 0.6 is 0 Å². The molecule has 1 atom stereocenters. The van der Waals surface area contributed by atoms with Gasteiger partial charge in [-0.3, -0.25) is 4.79 Å². The first-order valence-corrected chi connectivity index (χ1v) is 7.09. The first-order chi connectivity index (χ1) is 10.5. The van der Waals surface area contributed by atoms with Crippen LogP contribution in [0.2, 0.25) is 0 Å². The van der Waals surface area contributed by atoms with Gasteiger partial charge in [-0.15, -0.1) is 0 Å². The molecule has 0 aliphatic heterocycles. The lowest BCUT2D eigenvalue weighted by atomic mass is 10.1. The first-order valence-electron chi connectivity index (χ1n) is 7.09. The molecular formula is C17H21N3O2. The molecule has 0 saturated heterocycles. The predicted octanol–water partition coefficient (Wildman–Crippen LogP) is 2.65. The molecule has 0 radical (unpaired) electrons. The summed E-state index contributed by atoms with van der Waals surface area (Å²) >= 11 is 0. The molecule has 1 aromatic heterocycles. The number of nitrogens with zero attached hydrogens (tertiary/aromatic N) is 2. The van der Waals surface area contributed by atoms with Gasteiger partial charge < -0.3 is 15.0 Å². The number of aromatic nitrogens is 1. The Labute approximate surface area is 130 Å². The third-order valence-corrected chi connectivity index (χ3v) is 3.43. The van der Waals surface area contributed by atoms with Gasteiger partial charge in [0.15, 0.2) is 0 Å². The summed E-state index contributed by atoms with van der Waals surface area (Å²) in [5.41, 5.74) is 1.62. The molecule has 1 heterocycles. The summed E-state index contributed by atoms with van der Waals surface area (Å²) < 4.78 is 5.14. The summed E-state index contributed by atoms with van der Waals surface area (Å²) in [5.74, 6) is 1.44. The molecule has 0 saturated carbocycles. The highest BCUT2D eigenvalue weighted by Crippen LogP contribution is 2.18. The van der Waals surface area contributed by atoms with Gasteiger partial charge in [0, 0.05) is 25.9 Å². The van der Waals surface area contributed by atoms with E-state index < -0.39 is 0 Å². The largest absolute Gasteiger partial charge is 0.497 e. The smallest absolute Gasteiger partial charge is 0.251 e. The highest BCUT2D eigenvalue weighted by atomic mass is 16.5. The summed E-state index contributed by atoms with van der Waals surface area (Å²) in [6, 6.07) is 11.1. The van der Waals surface area contributed by atoms with Crippen LogP contribution in [0.4, 0.5) is 5.82 Å². The molecule has 2 aromatic rings. The molecule has 0 spiro atoms. The van der Waals surface area contributed by atoms with E-state index in [1.165, 1.54) is 0 Å². The van der Waals surface area contributed by atoms with Crippen molar-refractivity contribution in [3.05, 3.63) is 53.7 Å². The van der Waals surface area contributed by atoms with E-state index in [1.807, 2.05) is 50.2 Å². The number of hydrogen-bond acceptors (Lipinski definition) is 4. The number of pyridine rings is 1. The lowest BCUT2D eigenvalue weighted by molar-refractivity contribution is 0.0940. The molecule has 0 aliphatic carbocycles. The summed E-state index contributed by atoms with van der Waals surface area (Å²) in [7, 11) is 5.42. The predicted molar refractivity (Wildman–Crippen MR) is 87.4 cm³/mol. The van der Waals surface area contributed by atoms with Crippen molar-refractivity contribution in [3.63, 3.8) is 0 Å². The van der Waals surface area contributed by atoms with Crippen LogP contribution in [0.15, 0.2) is 42.6 Å². The summed E-state index contributed by atoms with van der Waals surface area (Å²) in [6.07, 6.45) is 1.64. The second kappa shape index (κ2) is 6.93. The van der Waals surface area contributed by atoms with Crippen LogP contribution in [0.5, 0.6) is 5.75 Å². The van der Waals surface area contributed by atoms with Crippen molar-refractivity contribution in [1.82, 2.24) is 10.3 Å². The number of carbonyl (C=O) groups is 1. The number of anilines is 1. The molecule has 0 aliphatic rings. The van der Waals surface area contributed by atoms with Crippen molar-refractivity contribution in [1.29, 1.82) is 0 Å². The van der Waals surface area contributed by atoms with Gasteiger partial charge in [-0.05, 0) is 36.8 Å². The van der Waals surface area contributed by atoms with E-state index in [9.17, 15) is 4.79 Å². The normalized spacial score (nSPS) is 11.6. The Balaban J connectivity index is 2.08. The van der Waals surface area contributed by atoms with Crippen LogP contribution < -0.4 is 15.0 Å². The average Bonchev–Trinajstić information content (AvgIpc) is 2.54. The minimum atomic E-state index is -0.117. The maximum atomic E-state index is 12.3. The van der Waals surface area contributed by atoms with E-state index in [1.54, 1.807) is 25.4 Å². The quantitative estimate of drug-likeness (QED) is 0.922. The second-order valence-electron chi connectivity index (χ2n) is 5.27. The van der Waals surface area contributed by atoms with Gasteiger partial charge in [-0.1, -0.05) is 12.1 Å². The fraction of sp³-hybridized carbons (Fsp3) is 0.294. The fourth-order valence-corrected chi connectivity index (χ4v) is 2.06.